The molecule has 0 amide bonds. The van der Waals surface area contributed by atoms with Gasteiger partial charge in [-0.05, 0) is 84.1 Å². The minimum absolute atomic E-state index is 0.0662. The third kappa shape index (κ3) is 4.01. The number of aldehydes is 2. The van der Waals surface area contributed by atoms with Gasteiger partial charge in [-0.2, -0.15) is 0 Å². The summed E-state index contributed by atoms with van der Waals surface area (Å²) in [5.74, 6) is 2.97. The van der Waals surface area contributed by atoms with Crippen LogP contribution in [0.25, 0.3) is 0 Å². The average Bonchev–Trinajstić information content (AvgIpc) is 3.34. The normalized spacial score (nSPS) is 40.0. The number of hydrogen-bond acceptors (Lipinski definition) is 5. The quantitative estimate of drug-likeness (QED) is 0.437. The number of carbonyl (C=O) groups excluding carboxylic acids is 2. The van der Waals surface area contributed by atoms with Crippen molar-refractivity contribution in [1.29, 1.82) is 0 Å². The van der Waals surface area contributed by atoms with E-state index in [9.17, 15) is 9.59 Å². The minimum atomic E-state index is -0.170. The van der Waals surface area contributed by atoms with E-state index in [1.807, 2.05) is 0 Å². The van der Waals surface area contributed by atoms with Crippen LogP contribution in [0.2, 0.25) is 0 Å². The van der Waals surface area contributed by atoms with Gasteiger partial charge in [-0.1, -0.05) is 58.4 Å². The summed E-state index contributed by atoms with van der Waals surface area (Å²) in [5, 5.41) is 4.27. The second kappa shape index (κ2) is 9.27. The maximum Gasteiger partial charge on any atom is 0.124 e. The van der Waals surface area contributed by atoms with Crippen molar-refractivity contribution in [2.24, 2.45) is 52.3 Å². The first kappa shape index (κ1) is 24.0. The maximum atomic E-state index is 12.6. The molecule has 0 N–H and O–H groups in total. The molecule has 1 aromatic rings. The Hall–Kier alpha value is -1.10. The zero-order valence-electron chi connectivity index (χ0n) is 20.7. The van der Waals surface area contributed by atoms with E-state index in [-0.39, 0.29) is 28.6 Å². The highest BCUT2D eigenvalue weighted by Gasteiger charge is 2.59. The Morgan fingerprint density at radius 2 is 1.78 bits per heavy atom. The largest absolute Gasteiger partial charge is 0.303 e. The Kier molecular flexibility index (Phi) is 6.96. The van der Waals surface area contributed by atoms with Gasteiger partial charge < -0.3 is 9.59 Å². The topological polar surface area (TPSA) is 59.9 Å². The molecular formula is C27H42N2O2S. The predicted molar refractivity (Wildman–Crippen MR) is 129 cm³/mol. The van der Waals surface area contributed by atoms with Gasteiger partial charge in [0.1, 0.15) is 12.6 Å². The molecule has 5 heteroatoms. The van der Waals surface area contributed by atoms with Crippen LogP contribution in [-0.4, -0.2) is 22.2 Å². The highest BCUT2D eigenvalue weighted by Crippen LogP contribution is 2.64. The van der Waals surface area contributed by atoms with Crippen molar-refractivity contribution >= 4 is 24.1 Å². The molecule has 0 unspecified atom stereocenters. The molecule has 178 valence electrons. The van der Waals surface area contributed by atoms with Gasteiger partial charge >= 0.3 is 0 Å². The van der Waals surface area contributed by atoms with Gasteiger partial charge in [-0.15, -0.1) is 5.10 Å². The molecule has 8 atom stereocenters. The fraction of sp³-hybridized carbons (Fsp3) is 0.852. The predicted octanol–water partition coefficient (Wildman–Crippen LogP) is 6.18. The Labute approximate surface area is 198 Å². The van der Waals surface area contributed by atoms with E-state index in [1.54, 1.807) is 0 Å². The smallest absolute Gasteiger partial charge is 0.124 e. The third-order valence-corrected chi connectivity index (χ3v) is 10.9. The van der Waals surface area contributed by atoms with Gasteiger partial charge in [0, 0.05) is 23.1 Å². The first-order chi connectivity index (χ1) is 15.2. The van der Waals surface area contributed by atoms with Crippen molar-refractivity contribution in [2.75, 3.05) is 0 Å². The van der Waals surface area contributed by atoms with Gasteiger partial charge in [0.15, 0.2) is 0 Å². The van der Waals surface area contributed by atoms with E-state index in [0.717, 1.165) is 42.6 Å². The first-order valence-corrected chi connectivity index (χ1v) is 13.7. The van der Waals surface area contributed by atoms with Crippen LogP contribution < -0.4 is 0 Å². The zero-order valence-corrected chi connectivity index (χ0v) is 21.5. The molecule has 0 bridgehead atoms. The van der Waals surface area contributed by atoms with Crippen LogP contribution in [0.5, 0.6) is 0 Å². The van der Waals surface area contributed by atoms with Crippen LogP contribution in [0.4, 0.5) is 0 Å². The molecule has 2 fully saturated rings. The summed E-state index contributed by atoms with van der Waals surface area (Å²) in [6.45, 7) is 11.9. The van der Waals surface area contributed by atoms with E-state index in [0.29, 0.717) is 12.3 Å². The summed E-state index contributed by atoms with van der Waals surface area (Å²) in [5.41, 5.74) is 1.10. The lowest BCUT2D eigenvalue weighted by molar-refractivity contribution is -0.132. The third-order valence-electron chi connectivity index (χ3n) is 10.1. The molecule has 0 spiro atoms. The molecule has 4 rings (SSSR count). The molecule has 0 aliphatic heterocycles. The van der Waals surface area contributed by atoms with Crippen LogP contribution in [-0.2, 0) is 22.4 Å². The van der Waals surface area contributed by atoms with E-state index in [4.69, 9.17) is 0 Å². The molecule has 0 radical (unpaired) electrons. The molecule has 1 aromatic heterocycles. The van der Waals surface area contributed by atoms with Crippen molar-refractivity contribution in [3.63, 3.8) is 0 Å². The molecule has 4 nitrogen and oxygen atoms in total. The summed E-state index contributed by atoms with van der Waals surface area (Å²) in [4.78, 5) is 26.1. The summed E-state index contributed by atoms with van der Waals surface area (Å²) >= 11 is 1.48. The van der Waals surface area contributed by atoms with Gasteiger partial charge in [0.05, 0.1) is 5.69 Å². The molecular weight excluding hydrogens is 416 g/mol. The minimum Gasteiger partial charge on any atom is -0.303 e. The second-order valence-electron chi connectivity index (χ2n) is 12.2. The van der Waals surface area contributed by atoms with Crippen LogP contribution in [0.1, 0.15) is 90.1 Å². The van der Waals surface area contributed by atoms with E-state index in [2.05, 4.69) is 44.2 Å². The Bertz CT molecular complexity index is 822. The Morgan fingerprint density at radius 3 is 2.47 bits per heavy atom. The number of aromatic nitrogens is 2. The molecule has 3 aliphatic carbocycles. The standard InChI is InChI=1S/C27H42N2O2S/c1-17(2)7-6-8-18(3)21-9-10-22-20(16-31)23(11-12-26(21,22)4)27(5)14-25-24(28-29-32-25)13-19(27)15-30/h15-23H,6-14H2,1-5H3/t18-,19-,20+,21-,22+,23+,26-,27+/m1/s1. The van der Waals surface area contributed by atoms with Crippen molar-refractivity contribution < 1.29 is 9.59 Å². The highest BCUT2D eigenvalue weighted by molar-refractivity contribution is 7.05. The number of hydrogen-bond donors (Lipinski definition) is 0. The second-order valence-corrected chi connectivity index (χ2v) is 13.1. The summed E-state index contributed by atoms with van der Waals surface area (Å²) < 4.78 is 4.16. The van der Waals surface area contributed by atoms with E-state index >= 15 is 0 Å². The van der Waals surface area contributed by atoms with Crippen LogP contribution in [0.3, 0.4) is 0 Å². The van der Waals surface area contributed by atoms with Crippen molar-refractivity contribution in [3.05, 3.63) is 10.6 Å². The first-order valence-electron chi connectivity index (χ1n) is 12.9. The fourth-order valence-electron chi connectivity index (χ4n) is 8.22. The maximum absolute atomic E-state index is 12.6. The van der Waals surface area contributed by atoms with Gasteiger partial charge in [-0.3, -0.25) is 0 Å². The van der Waals surface area contributed by atoms with Gasteiger partial charge in [0.2, 0.25) is 0 Å². The number of carbonyl (C=O) groups is 2. The van der Waals surface area contributed by atoms with E-state index < -0.39 is 0 Å². The number of fused-ring (bicyclic) bond motifs is 2. The zero-order chi connectivity index (χ0) is 23.1. The van der Waals surface area contributed by atoms with Gasteiger partial charge in [-0.25, -0.2) is 0 Å². The summed E-state index contributed by atoms with van der Waals surface area (Å²) in [6.07, 6.45) is 12.6. The Morgan fingerprint density at radius 1 is 1.03 bits per heavy atom. The fourth-order valence-corrected chi connectivity index (χ4v) is 9.07. The van der Waals surface area contributed by atoms with Crippen molar-refractivity contribution in [2.45, 2.75) is 92.4 Å². The average molecular weight is 459 g/mol. The number of rotatable bonds is 8. The van der Waals surface area contributed by atoms with Crippen molar-refractivity contribution in [3.8, 4) is 0 Å². The highest BCUT2D eigenvalue weighted by atomic mass is 32.1. The van der Waals surface area contributed by atoms with Crippen LogP contribution >= 0.6 is 11.5 Å². The van der Waals surface area contributed by atoms with Crippen LogP contribution in [0, 0.1) is 52.3 Å². The SMILES string of the molecule is CC(C)CCC[C@@H](C)[C@H]1CC[C@H]2[C@H](C=O)[C@@H]([C@@]3(C)Cc4snnc4C[C@@H]3C=O)CC[C@]12C. The van der Waals surface area contributed by atoms with Crippen molar-refractivity contribution in [1.82, 2.24) is 9.59 Å². The molecule has 3 aliphatic rings. The molecule has 2 saturated carbocycles. The van der Waals surface area contributed by atoms with E-state index in [1.165, 1.54) is 61.2 Å². The lowest BCUT2D eigenvalue weighted by Gasteiger charge is -2.55. The summed E-state index contributed by atoms with van der Waals surface area (Å²) in [7, 11) is 0. The number of nitrogens with zero attached hydrogens (tertiary/aromatic N) is 2. The molecule has 32 heavy (non-hydrogen) atoms. The monoisotopic (exact) mass is 458 g/mol. The van der Waals surface area contributed by atoms with Gasteiger partial charge in [0.25, 0.3) is 0 Å². The lowest BCUT2D eigenvalue weighted by Crippen LogP contribution is -2.52. The molecule has 0 saturated heterocycles. The van der Waals surface area contributed by atoms with Crippen LogP contribution in [0.15, 0.2) is 0 Å². The Balaban J connectivity index is 1.55. The molecule has 1 heterocycles. The summed E-state index contributed by atoms with van der Waals surface area (Å²) in [6, 6.07) is 0. The molecule has 0 aromatic carbocycles. The lowest BCUT2D eigenvalue weighted by atomic mass is 9.49.